The van der Waals surface area contributed by atoms with Crippen molar-refractivity contribution in [1.29, 1.82) is 0 Å². The van der Waals surface area contributed by atoms with Crippen molar-refractivity contribution >= 4 is 5.69 Å². The van der Waals surface area contributed by atoms with Crippen LogP contribution in [0.25, 0.3) is 11.1 Å². The second kappa shape index (κ2) is 4.97. The van der Waals surface area contributed by atoms with Gasteiger partial charge in [-0.25, -0.2) is 0 Å². The first-order valence-corrected chi connectivity index (χ1v) is 7.07. The van der Waals surface area contributed by atoms with Crippen molar-refractivity contribution < 1.29 is 4.92 Å². The summed E-state index contributed by atoms with van der Waals surface area (Å²) in [4.78, 5) is 10.4. The molecule has 1 N–H and O–H groups in total. The van der Waals surface area contributed by atoms with Crippen molar-refractivity contribution in [2.45, 2.75) is 25.8 Å². The lowest BCUT2D eigenvalue weighted by Gasteiger charge is -2.35. The van der Waals surface area contributed by atoms with Gasteiger partial charge in [0.05, 0.1) is 4.92 Å². The van der Waals surface area contributed by atoms with Crippen molar-refractivity contribution in [3.05, 3.63) is 63.7 Å². The van der Waals surface area contributed by atoms with E-state index in [-0.39, 0.29) is 16.0 Å². The van der Waals surface area contributed by atoms with Crippen LogP contribution in [-0.4, -0.2) is 11.5 Å². The van der Waals surface area contributed by atoms with Crippen molar-refractivity contribution in [1.82, 2.24) is 5.32 Å². The van der Waals surface area contributed by atoms with E-state index in [1.54, 1.807) is 12.1 Å². The summed E-state index contributed by atoms with van der Waals surface area (Å²) in [6.45, 7) is 6.27. The van der Waals surface area contributed by atoms with E-state index in [1.165, 1.54) is 16.7 Å². The number of non-ortho nitro benzene ring substituents is 1. The molecule has 0 bridgehead atoms. The fraction of sp³-hybridized carbons (Fsp3) is 0.294. The molecular weight excluding hydrogens is 264 g/mol. The van der Waals surface area contributed by atoms with Crippen LogP contribution < -0.4 is 5.32 Å². The van der Waals surface area contributed by atoms with Crippen LogP contribution >= 0.6 is 0 Å². The molecule has 0 saturated carbocycles. The van der Waals surface area contributed by atoms with Gasteiger partial charge in [-0.15, -0.1) is 0 Å². The first-order chi connectivity index (χ1) is 9.99. The molecule has 0 aliphatic carbocycles. The minimum atomic E-state index is -0.363. The molecule has 0 amide bonds. The molecule has 21 heavy (non-hydrogen) atoms. The topological polar surface area (TPSA) is 55.2 Å². The van der Waals surface area contributed by atoms with Gasteiger partial charge in [0.1, 0.15) is 0 Å². The minimum Gasteiger partial charge on any atom is -0.312 e. The highest BCUT2D eigenvalue weighted by atomic mass is 16.6. The molecular formula is C17H18N2O2. The Morgan fingerprint density at radius 1 is 1.14 bits per heavy atom. The third kappa shape index (κ3) is 2.43. The van der Waals surface area contributed by atoms with E-state index in [1.807, 2.05) is 12.1 Å². The van der Waals surface area contributed by atoms with Gasteiger partial charge in [0.25, 0.3) is 5.69 Å². The van der Waals surface area contributed by atoms with Crippen LogP contribution in [0.4, 0.5) is 5.69 Å². The maximum atomic E-state index is 10.8. The van der Waals surface area contributed by atoms with E-state index in [4.69, 9.17) is 0 Å². The van der Waals surface area contributed by atoms with Crippen LogP contribution in [0.5, 0.6) is 0 Å². The van der Waals surface area contributed by atoms with Crippen molar-refractivity contribution in [2.75, 3.05) is 6.54 Å². The smallest absolute Gasteiger partial charge is 0.269 e. The number of benzene rings is 2. The molecule has 0 fully saturated rings. The van der Waals surface area contributed by atoms with E-state index in [2.05, 4.69) is 37.4 Å². The number of rotatable bonds is 2. The summed E-state index contributed by atoms with van der Waals surface area (Å²) in [6, 6.07) is 13.1. The molecule has 2 aromatic rings. The number of nitrogens with zero attached hydrogens (tertiary/aromatic N) is 1. The molecule has 0 saturated heterocycles. The zero-order valence-corrected chi connectivity index (χ0v) is 12.2. The Balaban J connectivity index is 2.13. The van der Waals surface area contributed by atoms with E-state index in [0.29, 0.717) is 0 Å². The maximum absolute atomic E-state index is 10.8. The van der Waals surface area contributed by atoms with Crippen molar-refractivity contribution in [2.24, 2.45) is 0 Å². The largest absolute Gasteiger partial charge is 0.312 e. The molecule has 108 valence electrons. The summed E-state index contributed by atoms with van der Waals surface area (Å²) in [5.41, 5.74) is 5.04. The normalized spacial score (nSPS) is 16.3. The summed E-state index contributed by atoms with van der Waals surface area (Å²) >= 11 is 0. The molecule has 0 aromatic heterocycles. The first-order valence-electron chi connectivity index (χ1n) is 7.07. The van der Waals surface area contributed by atoms with Crippen molar-refractivity contribution in [3.63, 3.8) is 0 Å². The standard InChI is InChI=1S/C17H18N2O2/c1-17(2)11-18-10-13-4-3-5-15(16(13)17)12-6-8-14(9-7-12)19(20)21/h3-9,18H,10-11H2,1-2H3. The zero-order chi connectivity index (χ0) is 15.0. The number of hydrogen-bond acceptors (Lipinski definition) is 3. The third-order valence-corrected chi connectivity index (χ3v) is 4.10. The highest BCUT2D eigenvalue weighted by Crippen LogP contribution is 2.38. The summed E-state index contributed by atoms with van der Waals surface area (Å²) in [6.07, 6.45) is 0. The van der Waals surface area contributed by atoms with Crippen LogP contribution in [0, 0.1) is 10.1 Å². The van der Waals surface area contributed by atoms with Gasteiger partial charge in [-0.05, 0) is 34.4 Å². The van der Waals surface area contributed by atoms with Crippen molar-refractivity contribution in [3.8, 4) is 11.1 Å². The van der Waals surface area contributed by atoms with Crippen LogP contribution in [0.2, 0.25) is 0 Å². The van der Waals surface area contributed by atoms with E-state index < -0.39 is 0 Å². The second-order valence-electron chi connectivity index (χ2n) is 6.13. The number of fused-ring (bicyclic) bond motifs is 1. The van der Waals surface area contributed by atoms with Gasteiger partial charge in [-0.3, -0.25) is 10.1 Å². The number of nitro groups is 1. The molecule has 0 spiro atoms. The highest BCUT2D eigenvalue weighted by molar-refractivity contribution is 5.71. The Morgan fingerprint density at radius 2 is 1.86 bits per heavy atom. The Labute approximate surface area is 124 Å². The fourth-order valence-electron chi connectivity index (χ4n) is 3.15. The van der Waals surface area contributed by atoms with Gasteiger partial charge in [-0.1, -0.05) is 32.0 Å². The number of nitro benzene ring substituents is 1. The van der Waals surface area contributed by atoms with E-state index >= 15 is 0 Å². The zero-order valence-electron chi connectivity index (χ0n) is 12.2. The quantitative estimate of drug-likeness (QED) is 0.675. The lowest BCUT2D eigenvalue weighted by molar-refractivity contribution is -0.384. The average molecular weight is 282 g/mol. The van der Waals surface area contributed by atoms with Crippen LogP contribution in [0.3, 0.4) is 0 Å². The molecule has 1 aliphatic heterocycles. The minimum absolute atomic E-state index is 0.0476. The lowest BCUT2D eigenvalue weighted by atomic mass is 9.75. The summed E-state index contributed by atoms with van der Waals surface area (Å²) in [5.74, 6) is 0. The second-order valence-corrected chi connectivity index (χ2v) is 6.13. The van der Waals surface area contributed by atoms with Crippen LogP contribution in [-0.2, 0) is 12.0 Å². The molecule has 3 rings (SSSR count). The van der Waals surface area contributed by atoms with E-state index in [9.17, 15) is 10.1 Å². The summed E-state index contributed by atoms with van der Waals surface area (Å²) in [7, 11) is 0. The number of hydrogen-bond donors (Lipinski definition) is 1. The Bertz CT molecular complexity index is 690. The average Bonchev–Trinajstić information content (AvgIpc) is 2.46. The van der Waals surface area contributed by atoms with Gasteiger partial charge in [-0.2, -0.15) is 0 Å². The molecule has 2 aromatic carbocycles. The summed E-state index contributed by atoms with van der Waals surface area (Å²) in [5, 5.41) is 14.2. The van der Waals surface area contributed by atoms with Gasteiger partial charge in [0.2, 0.25) is 0 Å². The van der Waals surface area contributed by atoms with Crippen LogP contribution in [0.15, 0.2) is 42.5 Å². The maximum Gasteiger partial charge on any atom is 0.269 e. The van der Waals surface area contributed by atoms with E-state index in [0.717, 1.165) is 18.7 Å². The molecule has 4 nitrogen and oxygen atoms in total. The van der Waals surface area contributed by atoms with Crippen LogP contribution in [0.1, 0.15) is 25.0 Å². The van der Waals surface area contributed by atoms with Gasteiger partial charge in [0.15, 0.2) is 0 Å². The Morgan fingerprint density at radius 3 is 2.52 bits per heavy atom. The monoisotopic (exact) mass is 282 g/mol. The van der Waals surface area contributed by atoms with Gasteiger partial charge >= 0.3 is 0 Å². The Hall–Kier alpha value is -2.20. The van der Waals surface area contributed by atoms with Gasteiger partial charge < -0.3 is 5.32 Å². The molecule has 0 atom stereocenters. The number of nitrogens with one attached hydrogen (secondary N) is 1. The summed E-state index contributed by atoms with van der Waals surface area (Å²) < 4.78 is 0. The SMILES string of the molecule is CC1(C)CNCc2cccc(-c3ccc([N+](=O)[O-])cc3)c21. The molecule has 1 aliphatic rings. The first kappa shape index (κ1) is 13.8. The predicted octanol–water partition coefficient (Wildman–Crippen LogP) is 3.64. The van der Waals surface area contributed by atoms with Gasteiger partial charge in [0, 0.05) is 30.6 Å². The third-order valence-electron chi connectivity index (χ3n) is 4.10. The molecule has 0 unspecified atom stereocenters. The fourth-order valence-corrected chi connectivity index (χ4v) is 3.15. The molecule has 4 heteroatoms. The molecule has 0 radical (unpaired) electrons. The highest BCUT2D eigenvalue weighted by Gasteiger charge is 2.29. The molecule has 1 heterocycles. The lowest BCUT2D eigenvalue weighted by Crippen LogP contribution is -2.39. The Kier molecular flexibility index (Phi) is 3.26. The predicted molar refractivity (Wildman–Crippen MR) is 83.3 cm³/mol.